The number of furan rings is 1. The van der Waals surface area contributed by atoms with Gasteiger partial charge >= 0.3 is 5.97 Å². The van der Waals surface area contributed by atoms with Crippen LogP contribution in [-0.2, 0) is 11.2 Å². The van der Waals surface area contributed by atoms with Crippen molar-refractivity contribution in [3.05, 3.63) is 23.7 Å². The molecule has 0 saturated heterocycles. The van der Waals surface area contributed by atoms with Gasteiger partial charge in [-0.3, -0.25) is 9.59 Å². The van der Waals surface area contributed by atoms with E-state index in [2.05, 4.69) is 26.1 Å². The van der Waals surface area contributed by atoms with E-state index in [1.807, 2.05) is 0 Å². The Labute approximate surface area is 106 Å². The molecule has 1 amide bonds. The van der Waals surface area contributed by atoms with Crippen LogP contribution in [0, 0.1) is 5.41 Å². The highest BCUT2D eigenvalue weighted by Gasteiger charge is 2.20. The molecule has 100 valence electrons. The molecule has 0 aliphatic heterocycles. The first-order chi connectivity index (χ1) is 8.35. The fourth-order valence-corrected chi connectivity index (χ4v) is 1.36. The van der Waals surface area contributed by atoms with Crippen LogP contribution >= 0.6 is 0 Å². The Kier molecular flexibility index (Phi) is 4.53. The third-order valence-electron chi connectivity index (χ3n) is 2.99. The molecular weight excluding hydrogens is 234 g/mol. The van der Waals surface area contributed by atoms with Crippen LogP contribution in [0.1, 0.15) is 43.3 Å². The van der Waals surface area contributed by atoms with E-state index in [1.54, 1.807) is 0 Å². The zero-order valence-electron chi connectivity index (χ0n) is 10.9. The van der Waals surface area contributed by atoms with Gasteiger partial charge in [0.1, 0.15) is 12.2 Å². The summed E-state index contributed by atoms with van der Waals surface area (Å²) in [6.45, 7) is 6.71. The van der Waals surface area contributed by atoms with Crippen molar-refractivity contribution in [3.8, 4) is 0 Å². The summed E-state index contributed by atoms with van der Waals surface area (Å²) in [6.07, 6.45) is 1.99. The van der Waals surface area contributed by atoms with Gasteiger partial charge in [-0.15, -0.1) is 0 Å². The predicted octanol–water partition coefficient (Wildman–Crippen LogP) is 2.07. The third kappa shape index (κ3) is 3.91. The Balaban J connectivity index is 2.67. The molecule has 0 spiro atoms. The van der Waals surface area contributed by atoms with Crippen molar-refractivity contribution in [2.75, 3.05) is 6.54 Å². The third-order valence-corrected chi connectivity index (χ3v) is 2.99. The van der Waals surface area contributed by atoms with E-state index >= 15 is 0 Å². The Morgan fingerprint density at radius 1 is 1.44 bits per heavy atom. The first-order valence-corrected chi connectivity index (χ1v) is 5.92. The average molecular weight is 253 g/mol. The van der Waals surface area contributed by atoms with Gasteiger partial charge in [-0.2, -0.15) is 0 Å². The van der Waals surface area contributed by atoms with Crippen LogP contribution in [0.4, 0.5) is 0 Å². The Morgan fingerprint density at radius 2 is 2.11 bits per heavy atom. The van der Waals surface area contributed by atoms with Crippen molar-refractivity contribution in [1.82, 2.24) is 5.32 Å². The molecule has 1 rings (SSSR count). The number of carboxylic acid groups (broad SMARTS) is 1. The van der Waals surface area contributed by atoms with Gasteiger partial charge in [-0.25, -0.2) is 0 Å². The normalized spacial score (nSPS) is 11.3. The molecule has 0 bridgehead atoms. The van der Waals surface area contributed by atoms with Gasteiger partial charge in [0, 0.05) is 6.54 Å². The molecule has 0 radical (unpaired) electrons. The van der Waals surface area contributed by atoms with E-state index in [0.29, 0.717) is 12.1 Å². The van der Waals surface area contributed by atoms with Gasteiger partial charge < -0.3 is 14.8 Å². The molecule has 1 aromatic heterocycles. The number of amides is 1. The number of rotatable bonds is 6. The fraction of sp³-hybridized carbons (Fsp3) is 0.538. The summed E-state index contributed by atoms with van der Waals surface area (Å²) in [7, 11) is 0. The van der Waals surface area contributed by atoms with Crippen molar-refractivity contribution in [1.29, 1.82) is 0 Å². The lowest BCUT2D eigenvalue weighted by molar-refractivity contribution is -0.136. The smallest absolute Gasteiger partial charge is 0.311 e. The molecule has 5 nitrogen and oxygen atoms in total. The van der Waals surface area contributed by atoms with Gasteiger partial charge in [-0.1, -0.05) is 20.8 Å². The van der Waals surface area contributed by atoms with Crippen molar-refractivity contribution in [2.24, 2.45) is 5.41 Å². The summed E-state index contributed by atoms with van der Waals surface area (Å²) in [5.74, 6) is -1.12. The molecule has 0 fully saturated rings. The fourth-order valence-electron chi connectivity index (χ4n) is 1.36. The summed E-state index contributed by atoms with van der Waals surface area (Å²) < 4.78 is 5.01. The quantitative estimate of drug-likeness (QED) is 0.813. The molecule has 0 saturated carbocycles. The maximum absolute atomic E-state index is 11.9. The predicted molar refractivity (Wildman–Crippen MR) is 66.5 cm³/mol. The minimum Gasteiger partial charge on any atom is -0.481 e. The zero-order chi connectivity index (χ0) is 13.8. The summed E-state index contributed by atoms with van der Waals surface area (Å²) in [5.41, 5.74) is 0.316. The number of hydrogen-bond donors (Lipinski definition) is 2. The first kappa shape index (κ1) is 14.3. The van der Waals surface area contributed by atoms with E-state index < -0.39 is 5.97 Å². The topological polar surface area (TPSA) is 79.5 Å². The van der Waals surface area contributed by atoms with Crippen molar-refractivity contribution < 1.29 is 19.1 Å². The lowest BCUT2D eigenvalue weighted by atomic mass is 9.90. The maximum atomic E-state index is 11.9. The van der Waals surface area contributed by atoms with Crippen LogP contribution < -0.4 is 5.32 Å². The highest BCUT2D eigenvalue weighted by atomic mass is 16.4. The summed E-state index contributed by atoms with van der Waals surface area (Å²) in [5, 5.41) is 11.5. The molecule has 5 heteroatoms. The monoisotopic (exact) mass is 253 g/mol. The Morgan fingerprint density at radius 3 is 2.67 bits per heavy atom. The minimum atomic E-state index is -1.02. The lowest BCUT2D eigenvalue weighted by Crippen LogP contribution is -2.33. The number of carboxylic acids is 1. The van der Waals surface area contributed by atoms with E-state index in [-0.39, 0.29) is 23.5 Å². The molecule has 18 heavy (non-hydrogen) atoms. The van der Waals surface area contributed by atoms with Crippen LogP contribution in [0.15, 0.2) is 16.7 Å². The molecule has 0 aliphatic carbocycles. The van der Waals surface area contributed by atoms with Crippen LogP contribution in [-0.4, -0.2) is 23.5 Å². The van der Waals surface area contributed by atoms with Crippen LogP contribution in [0.25, 0.3) is 0 Å². The number of carbonyl (C=O) groups is 2. The highest BCUT2D eigenvalue weighted by Crippen LogP contribution is 2.18. The average Bonchev–Trinajstić information content (AvgIpc) is 2.73. The SMILES string of the molecule is CCC(C)(C)CNC(=O)c1ccoc1CC(=O)O. The Hall–Kier alpha value is -1.78. The van der Waals surface area contributed by atoms with Crippen LogP contribution in [0.2, 0.25) is 0 Å². The molecule has 2 N–H and O–H groups in total. The van der Waals surface area contributed by atoms with Crippen molar-refractivity contribution in [3.63, 3.8) is 0 Å². The number of hydrogen-bond acceptors (Lipinski definition) is 3. The van der Waals surface area contributed by atoms with Gasteiger partial charge in [-0.05, 0) is 17.9 Å². The number of carbonyl (C=O) groups excluding carboxylic acids is 1. The summed E-state index contributed by atoms with van der Waals surface area (Å²) >= 11 is 0. The lowest BCUT2D eigenvalue weighted by Gasteiger charge is -2.22. The molecule has 1 heterocycles. The molecule has 1 aromatic rings. The first-order valence-electron chi connectivity index (χ1n) is 5.92. The van der Waals surface area contributed by atoms with Gasteiger partial charge in [0.15, 0.2) is 0 Å². The standard InChI is InChI=1S/C13H19NO4/c1-4-13(2,3)8-14-12(17)9-5-6-18-10(9)7-11(15)16/h5-6H,4,7-8H2,1-3H3,(H,14,17)(H,15,16). The highest BCUT2D eigenvalue weighted by molar-refractivity contribution is 5.96. The number of nitrogens with one attached hydrogen (secondary N) is 1. The van der Waals surface area contributed by atoms with Crippen molar-refractivity contribution in [2.45, 2.75) is 33.6 Å². The largest absolute Gasteiger partial charge is 0.481 e. The number of aliphatic carboxylic acids is 1. The minimum absolute atomic E-state index is 0.0202. The second-order valence-electron chi connectivity index (χ2n) is 5.03. The summed E-state index contributed by atoms with van der Waals surface area (Å²) in [6, 6.07) is 1.49. The van der Waals surface area contributed by atoms with E-state index in [9.17, 15) is 9.59 Å². The van der Waals surface area contributed by atoms with E-state index in [1.165, 1.54) is 12.3 Å². The molecule has 0 aromatic carbocycles. The van der Waals surface area contributed by atoms with Gasteiger partial charge in [0.2, 0.25) is 0 Å². The van der Waals surface area contributed by atoms with E-state index in [4.69, 9.17) is 9.52 Å². The second kappa shape index (κ2) is 5.71. The molecular formula is C13H19NO4. The molecule has 0 aliphatic rings. The second-order valence-corrected chi connectivity index (χ2v) is 5.03. The maximum Gasteiger partial charge on any atom is 0.311 e. The van der Waals surface area contributed by atoms with Gasteiger partial charge in [0.05, 0.1) is 11.8 Å². The Bertz CT molecular complexity index is 434. The summed E-state index contributed by atoms with van der Waals surface area (Å²) in [4.78, 5) is 22.5. The van der Waals surface area contributed by atoms with Gasteiger partial charge in [0.25, 0.3) is 5.91 Å². The molecule has 0 atom stereocenters. The van der Waals surface area contributed by atoms with Crippen LogP contribution in [0.5, 0.6) is 0 Å². The molecule has 0 unspecified atom stereocenters. The zero-order valence-corrected chi connectivity index (χ0v) is 10.9. The van der Waals surface area contributed by atoms with E-state index in [0.717, 1.165) is 6.42 Å². The van der Waals surface area contributed by atoms with Crippen LogP contribution in [0.3, 0.4) is 0 Å². The van der Waals surface area contributed by atoms with Crippen molar-refractivity contribution >= 4 is 11.9 Å².